The molecule has 1 aliphatic heterocycles. The van der Waals surface area contributed by atoms with E-state index in [-0.39, 0.29) is 23.9 Å². The topological polar surface area (TPSA) is 71.4 Å². The molecule has 3 unspecified atom stereocenters. The molecule has 0 bridgehead atoms. The number of ether oxygens (including phenoxy) is 1. The molecule has 2 aromatic heterocycles. The maximum Gasteiger partial charge on any atom is 0.325 e. The van der Waals surface area contributed by atoms with Gasteiger partial charge in [-0.05, 0) is 23.8 Å². The van der Waals surface area contributed by atoms with Crippen molar-refractivity contribution in [2.75, 3.05) is 7.05 Å². The first-order valence-corrected chi connectivity index (χ1v) is 9.98. The van der Waals surface area contributed by atoms with Crippen LogP contribution < -0.4 is 4.74 Å². The molecule has 30 heavy (non-hydrogen) atoms. The second-order valence-corrected chi connectivity index (χ2v) is 7.66. The van der Waals surface area contributed by atoms with E-state index in [1.807, 2.05) is 12.1 Å². The van der Waals surface area contributed by atoms with Gasteiger partial charge in [-0.15, -0.1) is 0 Å². The van der Waals surface area contributed by atoms with E-state index in [1.165, 1.54) is 11.3 Å². The minimum atomic E-state index is -0.116. The Hall–Kier alpha value is -3.67. The van der Waals surface area contributed by atoms with E-state index in [0.29, 0.717) is 22.6 Å². The lowest BCUT2D eigenvalue weighted by Gasteiger charge is -2.30. The number of pyridine rings is 1. The summed E-state index contributed by atoms with van der Waals surface area (Å²) in [6, 6.07) is 12.6. The summed E-state index contributed by atoms with van der Waals surface area (Å²) >= 11 is 0. The van der Waals surface area contributed by atoms with E-state index in [4.69, 9.17) is 4.74 Å². The molecule has 6 heteroatoms. The van der Waals surface area contributed by atoms with Gasteiger partial charge in [0.05, 0.1) is 23.1 Å². The highest BCUT2D eigenvalue weighted by molar-refractivity contribution is 5.82. The van der Waals surface area contributed by atoms with Crippen LogP contribution in [0.3, 0.4) is 0 Å². The summed E-state index contributed by atoms with van der Waals surface area (Å²) in [6.07, 6.45) is 11.6. The number of likely N-dealkylation sites (N-methyl/N-ethyl adjacent to an activating group) is 1. The number of aromatic hydroxyl groups is 1. The molecule has 6 nitrogen and oxygen atoms in total. The van der Waals surface area contributed by atoms with Gasteiger partial charge in [-0.3, -0.25) is 4.98 Å². The number of fused-ring (bicyclic) bond motifs is 2. The van der Waals surface area contributed by atoms with E-state index in [2.05, 4.69) is 76.3 Å². The van der Waals surface area contributed by atoms with E-state index < -0.39 is 0 Å². The van der Waals surface area contributed by atoms with E-state index in [9.17, 15) is 5.11 Å². The summed E-state index contributed by atoms with van der Waals surface area (Å²) in [5, 5.41) is 10.7. The predicted molar refractivity (Wildman–Crippen MR) is 115 cm³/mol. The molecule has 0 saturated heterocycles. The van der Waals surface area contributed by atoms with Gasteiger partial charge in [-0.25, -0.2) is 0 Å². The fraction of sp³-hybridized carbons (Fsp3) is 0.208. The van der Waals surface area contributed by atoms with E-state index >= 15 is 0 Å². The van der Waals surface area contributed by atoms with Crippen LogP contribution in [0.1, 0.15) is 18.4 Å². The van der Waals surface area contributed by atoms with Crippen molar-refractivity contribution in [2.45, 2.75) is 18.9 Å². The highest BCUT2D eigenvalue weighted by atomic mass is 16.5. The molecule has 1 aliphatic carbocycles. The average Bonchev–Trinajstić information content (AvgIpc) is 3.09. The number of hydrogen-bond acceptors (Lipinski definition) is 6. The third-order valence-electron chi connectivity index (χ3n) is 5.84. The Kier molecular flexibility index (Phi) is 4.47. The molecule has 3 aromatic rings. The fourth-order valence-corrected chi connectivity index (χ4v) is 4.21. The van der Waals surface area contributed by atoms with Crippen molar-refractivity contribution in [1.82, 2.24) is 19.9 Å². The molecule has 0 fully saturated rings. The summed E-state index contributed by atoms with van der Waals surface area (Å²) < 4.78 is 5.88. The molecular formula is C24H22N4O2. The normalized spacial score (nSPS) is 21.2. The average molecular weight is 398 g/mol. The smallest absolute Gasteiger partial charge is 0.325 e. The van der Waals surface area contributed by atoms with Crippen molar-refractivity contribution in [3.05, 3.63) is 90.1 Å². The fourth-order valence-electron chi connectivity index (χ4n) is 4.21. The number of rotatable bonds is 4. The number of hydrogen-bond donors (Lipinski definition) is 1. The molecule has 0 amide bonds. The highest BCUT2D eigenvalue weighted by Gasteiger charge is 2.34. The standard InChI is InChI=1S/C24H22N4O2/c1-15(16-6-4-3-5-7-16)22-13-17-12-18(8-9-21(17)28(22)2)30-24-26-20-14-25-11-10-19(20)23(29)27-24/h3-15,17,21H,1-2H3,(H,26,27,29). The first-order chi connectivity index (χ1) is 14.6. The van der Waals surface area contributed by atoms with Crippen LogP contribution in [0, 0.1) is 5.92 Å². The van der Waals surface area contributed by atoms with Gasteiger partial charge in [0.2, 0.25) is 5.88 Å². The number of allylic oxidation sites excluding steroid dienone is 2. The molecule has 3 atom stereocenters. The number of aromatic nitrogens is 3. The molecule has 1 aromatic carbocycles. The molecule has 0 radical (unpaired) electrons. The van der Waals surface area contributed by atoms with Crippen LogP contribution in [0.25, 0.3) is 10.9 Å². The quantitative estimate of drug-likeness (QED) is 0.711. The molecule has 150 valence electrons. The van der Waals surface area contributed by atoms with Crippen LogP contribution in [-0.4, -0.2) is 38.0 Å². The first-order valence-electron chi connectivity index (χ1n) is 9.98. The Bertz CT molecular complexity index is 1190. The van der Waals surface area contributed by atoms with Gasteiger partial charge in [-0.2, -0.15) is 9.97 Å². The molecule has 0 spiro atoms. The zero-order valence-corrected chi connectivity index (χ0v) is 16.8. The number of nitrogens with zero attached hydrogens (tertiary/aromatic N) is 4. The van der Waals surface area contributed by atoms with Crippen LogP contribution >= 0.6 is 0 Å². The third kappa shape index (κ3) is 3.20. The second kappa shape index (κ2) is 7.30. The van der Waals surface area contributed by atoms with Gasteiger partial charge in [0.25, 0.3) is 0 Å². The highest BCUT2D eigenvalue weighted by Crippen LogP contribution is 2.38. The van der Waals surface area contributed by atoms with Crippen molar-refractivity contribution >= 4 is 10.9 Å². The van der Waals surface area contributed by atoms with Crippen molar-refractivity contribution in [3.63, 3.8) is 0 Å². The Labute approximate surface area is 174 Å². The lowest BCUT2D eigenvalue weighted by atomic mass is 9.95. The molecule has 2 aliphatic rings. The van der Waals surface area contributed by atoms with Gasteiger partial charge in [0, 0.05) is 30.8 Å². The SMILES string of the molecule is CC(C1=CC2C=C(Oc3nc(O)c4ccncc4n3)C=CC2N1C)c1ccccc1. The summed E-state index contributed by atoms with van der Waals surface area (Å²) in [4.78, 5) is 14.8. The largest absolute Gasteiger partial charge is 0.493 e. The maximum absolute atomic E-state index is 10.2. The summed E-state index contributed by atoms with van der Waals surface area (Å²) in [5.41, 5.74) is 3.13. The van der Waals surface area contributed by atoms with Gasteiger partial charge >= 0.3 is 6.01 Å². The monoisotopic (exact) mass is 398 g/mol. The van der Waals surface area contributed by atoms with Crippen molar-refractivity contribution in [3.8, 4) is 11.9 Å². The van der Waals surface area contributed by atoms with E-state index in [1.54, 1.807) is 18.5 Å². The van der Waals surface area contributed by atoms with E-state index in [0.717, 1.165) is 0 Å². The summed E-state index contributed by atoms with van der Waals surface area (Å²) in [6.45, 7) is 2.24. The van der Waals surface area contributed by atoms with Gasteiger partial charge < -0.3 is 14.7 Å². The Morgan fingerprint density at radius 3 is 2.77 bits per heavy atom. The predicted octanol–water partition coefficient (Wildman–Crippen LogP) is 4.18. The van der Waals surface area contributed by atoms with Crippen molar-refractivity contribution in [1.29, 1.82) is 0 Å². The van der Waals surface area contributed by atoms with Crippen LogP contribution in [0.5, 0.6) is 11.9 Å². The zero-order chi connectivity index (χ0) is 20.7. The molecule has 3 heterocycles. The van der Waals surface area contributed by atoms with Gasteiger partial charge in [0.1, 0.15) is 5.76 Å². The Morgan fingerprint density at radius 1 is 1.10 bits per heavy atom. The lowest BCUT2D eigenvalue weighted by Crippen LogP contribution is -2.31. The van der Waals surface area contributed by atoms with Crippen LogP contribution in [0.15, 0.2) is 84.6 Å². The maximum atomic E-state index is 10.2. The molecule has 1 N–H and O–H groups in total. The van der Waals surface area contributed by atoms with Crippen molar-refractivity contribution < 1.29 is 9.84 Å². The summed E-state index contributed by atoms with van der Waals surface area (Å²) in [5.74, 6) is 1.06. The zero-order valence-electron chi connectivity index (χ0n) is 16.8. The minimum absolute atomic E-state index is 0.107. The van der Waals surface area contributed by atoms with Gasteiger partial charge in [-0.1, -0.05) is 49.4 Å². The summed E-state index contributed by atoms with van der Waals surface area (Å²) in [7, 11) is 2.14. The van der Waals surface area contributed by atoms with Crippen LogP contribution in [0.2, 0.25) is 0 Å². The second-order valence-electron chi connectivity index (χ2n) is 7.66. The molecule has 0 saturated carbocycles. The Morgan fingerprint density at radius 2 is 1.93 bits per heavy atom. The minimum Gasteiger partial charge on any atom is -0.493 e. The number of benzene rings is 1. The molecule has 5 rings (SSSR count). The first kappa shape index (κ1) is 18.4. The van der Waals surface area contributed by atoms with Gasteiger partial charge in [0.15, 0.2) is 0 Å². The van der Waals surface area contributed by atoms with Crippen LogP contribution in [0.4, 0.5) is 0 Å². The Balaban J connectivity index is 1.40. The van der Waals surface area contributed by atoms with Crippen molar-refractivity contribution in [2.24, 2.45) is 5.92 Å². The lowest BCUT2D eigenvalue weighted by molar-refractivity contribution is 0.327. The third-order valence-corrected chi connectivity index (χ3v) is 5.84. The van der Waals surface area contributed by atoms with Crippen LogP contribution in [-0.2, 0) is 0 Å². The molecular weight excluding hydrogens is 376 g/mol.